The maximum atomic E-state index is 12.6. The van der Waals surface area contributed by atoms with Gasteiger partial charge in [-0.1, -0.05) is 16.6 Å². The number of thiophene rings is 1. The molecule has 5 heterocycles. The molecule has 5 aromatic heterocycles. The van der Waals surface area contributed by atoms with Crippen LogP contribution in [0.2, 0.25) is 0 Å². The number of rotatable bonds is 5. The number of hydrogen-bond donors (Lipinski definition) is 1. The Balaban J connectivity index is 1.35. The van der Waals surface area contributed by atoms with Crippen molar-refractivity contribution in [3.63, 3.8) is 0 Å². The van der Waals surface area contributed by atoms with Crippen LogP contribution in [0.15, 0.2) is 34.9 Å². The van der Waals surface area contributed by atoms with Crippen molar-refractivity contribution in [3.8, 4) is 22.2 Å². The van der Waals surface area contributed by atoms with Crippen molar-refractivity contribution in [3.05, 3.63) is 41.2 Å². The van der Waals surface area contributed by atoms with Crippen LogP contribution in [0, 0.1) is 0 Å². The van der Waals surface area contributed by atoms with Crippen LogP contribution in [0.25, 0.3) is 32.5 Å². The van der Waals surface area contributed by atoms with E-state index in [1.165, 1.54) is 22.7 Å². The highest BCUT2D eigenvalue weighted by atomic mass is 32.1. The Morgan fingerprint density at radius 2 is 1.93 bits per heavy atom. The molecular formula is C16H10F2N8OS2. The van der Waals surface area contributed by atoms with Gasteiger partial charge < -0.3 is 10.2 Å². The smallest absolute Gasteiger partial charge is 0.314 e. The van der Waals surface area contributed by atoms with Gasteiger partial charge in [-0.2, -0.15) is 8.78 Å². The Labute approximate surface area is 168 Å². The minimum Gasteiger partial charge on any atom is -0.414 e. The first-order chi connectivity index (χ1) is 14.0. The monoisotopic (exact) mass is 432 g/mol. The highest BCUT2D eigenvalue weighted by Gasteiger charge is 2.18. The average molecular weight is 432 g/mol. The Morgan fingerprint density at radius 1 is 1.03 bits per heavy atom. The van der Waals surface area contributed by atoms with E-state index in [4.69, 9.17) is 10.2 Å². The van der Waals surface area contributed by atoms with E-state index in [0.717, 1.165) is 15.2 Å². The molecule has 5 aromatic rings. The van der Waals surface area contributed by atoms with Gasteiger partial charge in [0, 0.05) is 4.88 Å². The van der Waals surface area contributed by atoms with Gasteiger partial charge in [0.1, 0.15) is 16.0 Å². The molecule has 146 valence electrons. The van der Waals surface area contributed by atoms with Crippen LogP contribution in [0.5, 0.6) is 0 Å². The third-order valence-electron chi connectivity index (χ3n) is 3.89. The zero-order valence-electron chi connectivity index (χ0n) is 14.4. The fourth-order valence-corrected chi connectivity index (χ4v) is 4.26. The third-order valence-corrected chi connectivity index (χ3v) is 5.74. The van der Waals surface area contributed by atoms with Crippen LogP contribution in [0.4, 0.5) is 13.9 Å². The van der Waals surface area contributed by atoms with Crippen molar-refractivity contribution in [2.45, 2.75) is 13.0 Å². The maximum Gasteiger partial charge on any atom is 0.314 e. The normalized spacial score (nSPS) is 11.7. The summed E-state index contributed by atoms with van der Waals surface area (Å²) in [6, 6.07) is 7.24. The second-order valence-electron chi connectivity index (χ2n) is 5.89. The number of nitrogen functional groups attached to an aromatic ring is 1. The number of nitrogens with zero attached hydrogens (tertiary/aromatic N) is 7. The summed E-state index contributed by atoms with van der Waals surface area (Å²) in [4.78, 5) is 11.0. The second-order valence-corrected chi connectivity index (χ2v) is 8.06. The molecule has 0 amide bonds. The maximum absolute atomic E-state index is 12.6. The molecule has 0 aliphatic rings. The van der Waals surface area contributed by atoms with Gasteiger partial charge in [0.15, 0.2) is 5.13 Å². The van der Waals surface area contributed by atoms with Gasteiger partial charge in [-0.3, -0.25) is 0 Å². The van der Waals surface area contributed by atoms with Gasteiger partial charge in [-0.05, 0) is 24.3 Å². The molecule has 0 fully saturated rings. The summed E-state index contributed by atoms with van der Waals surface area (Å²) < 4.78 is 31.8. The molecule has 0 aliphatic heterocycles. The van der Waals surface area contributed by atoms with E-state index in [-0.39, 0.29) is 5.89 Å². The lowest BCUT2D eigenvalue weighted by Gasteiger charge is -1.96. The second kappa shape index (κ2) is 6.93. The lowest BCUT2D eigenvalue weighted by atomic mass is 10.3. The fourth-order valence-electron chi connectivity index (χ4n) is 2.63. The van der Waals surface area contributed by atoms with Gasteiger partial charge >= 0.3 is 6.43 Å². The van der Waals surface area contributed by atoms with Crippen LogP contribution in [-0.4, -0.2) is 35.2 Å². The number of pyridine rings is 1. The lowest BCUT2D eigenvalue weighted by Crippen LogP contribution is -1.98. The van der Waals surface area contributed by atoms with E-state index in [0.29, 0.717) is 27.9 Å². The van der Waals surface area contributed by atoms with E-state index >= 15 is 0 Å². The minimum absolute atomic E-state index is 0.0668. The van der Waals surface area contributed by atoms with E-state index in [1.54, 1.807) is 16.9 Å². The number of alkyl halides is 2. The molecule has 0 atom stereocenters. The topological polar surface area (TPSA) is 121 Å². The Bertz CT molecular complexity index is 1310. The number of fused-ring (bicyclic) bond motifs is 1. The Kier molecular flexibility index (Phi) is 4.24. The van der Waals surface area contributed by atoms with Crippen molar-refractivity contribution in [1.29, 1.82) is 0 Å². The first-order valence-corrected chi connectivity index (χ1v) is 9.82. The summed E-state index contributed by atoms with van der Waals surface area (Å²) in [7, 11) is 0. The van der Waals surface area contributed by atoms with Crippen molar-refractivity contribution < 1.29 is 13.2 Å². The third kappa shape index (κ3) is 3.45. The summed E-state index contributed by atoms with van der Waals surface area (Å²) >= 11 is 2.66. The lowest BCUT2D eigenvalue weighted by molar-refractivity contribution is 0.116. The van der Waals surface area contributed by atoms with Crippen LogP contribution in [0.1, 0.15) is 17.2 Å². The van der Waals surface area contributed by atoms with Crippen molar-refractivity contribution in [2.75, 3.05) is 5.73 Å². The van der Waals surface area contributed by atoms with E-state index < -0.39 is 12.3 Å². The number of halogens is 2. The quantitative estimate of drug-likeness (QED) is 0.447. The molecule has 5 rings (SSSR count). The molecule has 29 heavy (non-hydrogen) atoms. The molecular weight excluding hydrogens is 422 g/mol. The SMILES string of the molecule is Nc1nc2ccc(-c3cn(Cc4ccc(-c5nnc(C(F)F)o5)s4)nn3)nc2s1. The average Bonchev–Trinajstić information content (AvgIpc) is 3.47. The van der Waals surface area contributed by atoms with Gasteiger partial charge in [-0.25, -0.2) is 14.6 Å². The summed E-state index contributed by atoms with van der Waals surface area (Å²) in [5, 5.41) is 15.8. The molecule has 2 N–H and O–H groups in total. The molecule has 0 radical (unpaired) electrons. The molecule has 13 heteroatoms. The van der Waals surface area contributed by atoms with Crippen LogP contribution in [-0.2, 0) is 6.54 Å². The standard InChI is InChI=1S/C16H10F2N8OS2/c17-12(18)14-24-23-13(27-14)11-4-1-7(28-11)5-26-6-10(22-25-26)8-2-3-9-15(20-8)29-16(19)21-9/h1-4,6,12H,5H2,(H2,19,21). The molecule has 0 unspecified atom stereocenters. The number of anilines is 1. The summed E-state index contributed by atoms with van der Waals surface area (Å²) in [5.74, 6) is -0.625. The van der Waals surface area contributed by atoms with Gasteiger partial charge in [0.25, 0.3) is 11.8 Å². The van der Waals surface area contributed by atoms with Gasteiger partial charge in [-0.15, -0.1) is 26.6 Å². The van der Waals surface area contributed by atoms with E-state index in [9.17, 15) is 8.78 Å². The van der Waals surface area contributed by atoms with Crippen molar-refractivity contribution in [2.24, 2.45) is 0 Å². The molecule has 0 spiro atoms. The largest absolute Gasteiger partial charge is 0.414 e. The predicted molar refractivity (Wildman–Crippen MR) is 103 cm³/mol. The summed E-state index contributed by atoms with van der Waals surface area (Å²) in [6.45, 7) is 0.448. The molecule has 0 aliphatic carbocycles. The first-order valence-electron chi connectivity index (χ1n) is 8.19. The molecule has 0 aromatic carbocycles. The summed E-state index contributed by atoms with van der Waals surface area (Å²) in [6.07, 6.45) is -1.02. The number of hydrogen-bond acceptors (Lipinski definition) is 10. The molecule has 0 bridgehead atoms. The number of thiazole rings is 1. The molecule has 9 nitrogen and oxygen atoms in total. The van der Waals surface area contributed by atoms with Crippen molar-refractivity contribution >= 4 is 38.2 Å². The van der Waals surface area contributed by atoms with E-state index in [2.05, 4.69) is 30.5 Å². The van der Waals surface area contributed by atoms with Gasteiger partial charge in [0.05, 0.1) is 23.3 Å². The van der Waals surface area contributed by atoms with Crippen LogP contribution in [0.3, 0.4) is 0 Å². The summed E-state index contributed by atoms with van der Waals surface area (Å²) in [5.41, 5.74) is 7.75. The van der Waals surface area contributed by atoms with Gasteiger partial charge in [0.2, 0.25) is 0 Å². The molecule has 0 saturated heterocycles. The molecule has 0 saturated carbocycles. The zero-order chi connectivity index (χ0) is 20.0. The fraction of sp³-hybridized carbons (Fsp3) is 0.125. The number of nitrogens with two attached hydrogens (primary N) is 1. The first kappa shape index (κ1) is 17.8. The Morgan fingerprint density at radius 3 is 2.76 bits per heavy atom. The minimum atomic E-state index is -2.79. The van der Waals surface area contributed by atoms with Crippen LogP contribution >= 0.6 is 22.7 Å². The van der Waals surface area contributed by atoms with Crippen LogP contribution < -0.4 is 5.73 Å². The van der Waals surface area contributed by atoms with E-state index in [1.807, 2.05) is 18.2 Å². The highest BCUT2D eigenvalue weighted by molar-refractivity contribution is 7.21. The van der Waals surface area contributed by atoms with Crippen molar-refractivity contribution in [1.82, 2.24) is 35.2 Å². The number of aromatic nitrogens is 7. The zero-order valence-corrected chi connectivity index (χ0v) is 16.0. The Hall–Kier alpha value is -3.32. The predicted octanol–water partition coefficient (Wildman–Crippen LogP) is 3.63. The highest BCUT2D eigenvalue weighted by Crippen LogP contribution is 2.30.